The van der Waals surface area contributed by atoms with Crippen LogP contribution in [-0.4, -0.2) is 18.1 Å². The van der Waals surface area contributed by atoms with E-state index in [1.54, 1.807) is 13.2 Å². The van der Waals surface area contributed by atoms with Crippen molar-refractivity contribution in [3.05, 3.63) is 71.2 Å². The Morgan fingerprint density at radius 1 is 0.964 bits per heavy atom. The molecule has 3 aromatic rings. The summed E-state index contributed by atoms with van der Waals surface area (Å²) in [5, 5.41) is 2.91. The van der Waals surface area contributed by atoms with Crippen LogP contribution >= 0.6 is 11.9 Å². The van der Waals surface area contributed by atoms with Crippen LogP contribution in [0, 0.1) is 29.1 Å². The Bertz CT molecular complexity index is 999. The van der Waals surface area contributed by atoms with Crippen LogP contribution < -0.4 is 10.1 Å². The molecule has 1 N–H and O–H groups in total. The van der Waals surface area contributed by atoms with Gasteiger partial charge in [-0.2, -0.15) is 0 Å². The lowest BCUT2D eigenvalue weighted by molar-refractivity contribution is 0.410. The van der Waals surface area contributed by atoms with Crippen LogP contribution in [-0.2, 0) is 6.54 Å². The number of nitrogens with one attached hydrogen (secondary N) is 1. The first kappa shape index (κ1) is 20.2. The number of benzene rings is 2. The highest BCUT2D eigenvalue weighted by molar-refractivity contribution is 7.98. The minimum Gasteiger partial charge on any atom is -0.494 e. The molecule has 28 heavy (non-hydrogen) atoms. The molecule has 1 aromatic heterocycles. The number of halogens is 5. The van der Waals surface area contributed by atoms with Crippen LogP contribution in [0.4, 0.5) is 22.0 Å². The Labute approximate surface area is 162 Å². The van der Waals surface area contributed by atoms with Gasteiger partial charge in [-0.1, -0.05) is 0 Å². The standard InChI is InChI=1S/C19H15F5N2OS/c1-25-8-10-9-26(28-12-3-4-13(21)14(22)7-12)18(19(10)27-2)17-15(23)5-11(20)6-16(17)24/h3-7,9,25H,8H2,1-2H3. The molecular weight excluding hydrogens is 399 g/mol. The average Bonchev–Trinajstić information content (AvgIpc) is 2.94. The maximum atomic E-state index is 14.5. The molecule has 3 rings (SSSR count). The summed E-state index contributed by atoms with van der Waals surface area (Å²) >= 11 is 0.905. The lowest BCUT2D eigenvalue weighted by Crippen LogP contribution is -2.05. The predicted molar refractivity (Wildman–Crippen MR) is 96.7 cm³/mol. The van der Waals surface area contributed by atoms with Gasteiger partial charge in [-0.05, 0) is 37.2 Å². The number of ether oxygens (including phenoxy) is 1. The molecule has 148 valence electrons. The Morgan fingerprint density at radius 2 is 1.64 bits per heavy atom. The largest absolute Gasteiger partial charge is 0.494 e. The van der Waals surface area contributed by atoms with E-state index >= 15 is 0 Å². The molecule has 2 aromatic carbocycles. The van der Waals surface area contributed by atoms with Gasteiger partial charge in [0, 0.05) is 35.3 Å². The minimum absolute atomic E-state index is 0.00233. The molecule has 0 bridgehead atoms. The van der Waals surface area contributed by atoms with E-state index in [0.29, 0.717) is 24.2 Å². The zero-order valence-electron chi connectivity index (χ0n) is 14.8. The van der Waals surface area contributed by atoms with E-state index in [2.05, 4.69) is 5.32 Å². The van der Waals surface area contributed by atoms with Crippen molar-refractivity contribution < 1.29 is 26.7 Å². The number of methoxy groups -OCH3 is 1. The maximum Gasteiger partial charge on any atom is 0.160 e. The summed E-state index contributed by atoms with van der Waals surface area (Å²) < 4.78 is 75.7. The van der Waals surface area contributed by atoms with E-state index in [1.807, 2.05) is 0 Å². The van der Waals surface area contributed by atoms with Crippen molar-refractivity contribution in [2.75, 3.05) is 14.2 Å². The van der Waals surface area contributed by atoms with Crippen LogP contribution in [0.3, 0.4) is 0 Å². The SMILES string of the molecule is CNCc1cn(Sc2ccc(F)c(F)c2)c(-c2c(F)cc(F)cc2F)c1OC. The van der Waals surface area contributed by atoms with Gasteiger partial charge < -0.3 is 10.1 Å². The first-order chi connectivity index (χ1) is 13.3. The van der Waals surface area contributed by atoms with E-state index in [9.17, 15) is 22.0 Å². The number of hydrogen-bond donors (Lipinski definition) is 1. The zero-order chi connectivity index (χ0) is 20.4. The molecule has 0 aliphatic rings. The van der Waals surface area contributed by atoms with E-state index in [4.69, 9.17) is 4.74 Å². The second-order valence-corrected chi connectivity index (χ2v) is 6.85. The highest BCUT2D eigenvalue weighted by Gasteiger charge is 2.25. The Hall–Kier alpha value is -2.52. The van der Waals surface area contributed by atoms with Crippen LogP contribution in [0.25, 0.3) is 11.3 Å². The summed E-state index contributed by atoms with van der Waals surface area (Å²) in [6, 6.07) is 4.37. The molecular formula is C19H15F5N2OS. The molecule has 0 unspecified atom stereocenters. The van der Waals surface area contributed by atoms with Gasteiger partial charge in [-0.3, -0.25) is 3.97 Å². The molecule has 0 radical (unpaired) electrons. The first-order valence-corrected chi connectivity index (χ1v) is 8.84. The Kier molecular flexibility index (Phi) is 5.95. The lowest BCUT2D eigenvalue weighted by Gasteiger charge is -2.12. The minimum atomic E-state index is -1.11. The van der Waals surface area contributed by atoms with Gasteiger partial charge in [0.2, 0.25) is 0 Å². The zero-order valence-corrected chi connectivity index (χ0v) is 15.6. The van der Waals surface area contributed by atoms with E-state index in [1.165, 1.54) is 17.1 Å². The summed E-state index contributed by atoms with van der Waals surface area (Å²) in [6.45, 7) is 0.311. The molecule has 0 saturated heterocycles. The summed E-state index contributed by atoms with van der Waals surface area (Å²) in [5.74, 6) is -5.18. The number of hydrogen-bond acceptors (Lipinski definition) is 3. The fourth-order valence-corrected chi connectivity index (χ4v) is 3.73. The van der Waals surface area contributed by atoms with E-state index < -0.39 is 34.6 Å². The normalized spacial score (nSPS) is 11.1. The molecule has 0 amide bonds. The lowest BCUT2D eigenvalue weighted by atomic mass is 10.1. The monoisotopic (exact) mass is 414 g/mol. The fraction of sp³-hybridized carbons (Fsp3) is 0.158. The Balaban J connectivity index is 2.20. The average molecular weight is 414 g/mol. The van der Waals surface area contributed by atoms with Crippen LogP contribution in [0.2, 0.25) is 0 Å². The first-order valence-electron chi connectivity index (χ1n) is 8.06. The quantitative estimate of drug-likeness (QED) is 0.566. The Morgan fingerprint density at radius 3 is 2.21 bits per heavy atom. The van der Waals surface area contributed by atoms with Gasteiger partial charge >= 0.3 is 0 Å². The topological polar surface area (TPSA) is 26.2 Å². The molecule has 0 aliphatic heterocycles. The molecule has 0 atom stereocenters. The number of rotatable bonds is 6. The smallest absolute Gasteiger partial charge is 0.160 e. The van der Waals surface area contributed by atoms with E-state index in [-0.39, 0.29) is 16.3 Å². The van der Waals surface area contributed by atoms with E-state index in [0.717, 1.165) is 24.1 Å². The van der Waals surface area contributed by atoms with Crippen LogP contribution in [0.1, 0.15) is 5.56 Å². The predicted octanol–water partition coefficient (Wildman–Crippen LogP) is 5.13. The third-order valence-electron chi connectivity index (χ3n) is 3.91. The van der Waals surface area contributed by atoms with Crippen molar-refractivity contribution in [1.29, 1.82) is 0 Å². The maximum absolute atomic E-state index is 14.5. The van der Waals surface area contributed by atoms with Gasteiger partial charge in [-0.15, -0.1) is 0 Å². The molecule has 0 aliphatic carbocycles. The van der Waals surface area contributed by atoms with Crippen molar-refractivity contribution >= 4 is 11.9 Å². The summed E-state index contributed by atoms with van der Waals surface area (Å²) in [4.78, 5) is 0.289. The number of aromatic nitrogens is 1. The molecule has 9 heteroatoms. The third kappa shape index (κ3) is 3.85. The van der Waals surface area contributed by atoms with Gasteiger partial charge in [0.1, 0.15) is 28.9 Å². The second kappa shape index (κ2) is 8.24. The molecule has 1 heterocycles. The molecule has 0 saturated carbocycles. The van der Waals surface area contributed by atoms with Gasteiger partial charge in [0.05, 0.1) is 12.7 Å². The van der Waals surface area contributed by atoms with Crippen molar-refractivity contribution in [1.82, 2.24) is 9.29 Å². The van der Waals surface area contributed by atoms with Crippen LogP contribution in [0.15, 0.2) is 41.4 Å². The summed E-state index contributed by atoms with van der Waals surface area (Å²) in [7, 11) is 3.02. The fourth-order valence-electron chi connectivity index (χ4n) is 2.77. The van der Waals surface area contributed by atoms with Gasteiger partial charge in [-0.25, -0.2) is 22.0 Å². The third-order valence-corrected chi connectivity index (χ3v) is 4.86. The van der Waals surface area contributed by atoms with Crippen LogP contribution in [0.5, 0.6) is 5.75 Å². The number of nitrogens with zero attached hydrogens (tertiary/aromatic N) is 1. The molecule has 0 fully saturated rings. The van der Waals surface area contributed by atoms with Crippen molar-refractivity contribution in [3.63, 3.8) is 0 Å². The van der Waals surface area contributed by atoms with Gasteiger partial charge in [0.15, 0.2) is 11.6 Å². The summed E-state index contributed by atoms with van der Waals surface area (Å²) in [6.07, 6.45) is 1.55. The van der Waals surface area contributed by atoms with Crippen molar-refractivity contribution in [2.24, 2.45) is 0 Å². The highest BCUT2D eigenvalue weighted by atomic mass is 32.2. The molecule has 3 nitrogen and oxygen atoms in total. The van der Waals surface area contributed by atoms with Crippen molar-refractivity contribution in [2.45, 2.75) is 11.4 Å². The molecule has 0 spiro atoms. The van der Waals surface area contributed by atoms with Gasteiger partial charge in [0.25, 0.3) is 0 Å². The van der Waals surface area contributed by atoms with Crippen molar-refractivity contribution in [3.8, 4) is 17.0 Å². The highest BCUT2D eigenvalue weighted by Crippen LogP contribution is 2.42. The second-order valence-electron chi connectivity index (χ2n) is 5.80. The summed E-state index contributed by atoms with van der Waals surface area (Å²) in [5.41, 5.74) is 0.0754.